The number of hydrogen-bond acceptors (Lipinski definition) is 15. The van der Waals surface area contributed by atoms with Gasteiger partial charge in [0.1, 0.15) is 35.2 Å². The van der Waals surface area contributed by atoms with E-state index >= 15 is 0 Å². The van der Waals surface area contributed by atoms with Gasteiger partial charge >= 0.3 is 5.95 Å². The number of hydrogen-bond donors (Lipinski definition) is 5. The van der Waals surface area contributed by atoms with E-state index in [1.165, 1.54) is 49.2 Å². The van der Waals surface area contributed by atoms with Gasteiger partial charge in [0.05, 0.1) is 61.9 Å². The van der Waals surface area contributed by atoms with Crippen molar-refractivity contribution in [1.82, 2.24) is 14.9 Å². The Labute approximate surface area is 290 Å². The summed E-state index contributed by atoms with van der Waals surface area (Å²) < 4.78 is 24.5. The average molecular weight is 711 g/mol. The standard InChI is InChI=1S/C34H38N4O13/c1-16-28(40)20(35-8-11-49-12-10-37-9-7-36-33(37)38(46)47)13-23(50-16)51-22-15-34(45,17(2)39)14-19-25(22)32(44)27-26(30(19)42)29(41)18-5-4-6-21(48-3)24(18)31(27)43/h4-7,9,16,20,22-23,28,35,40,42,44-45H,8,10-15H2,1-3H3/t16-,20-,22-,23-,28+,34-/m0/s1. The minimum absolute atomic E-state index is 0.0405. The normalized spacial score (nSPS) is 25.5. The zero-order valence-electron chi connectivity index (χ0n) is 28.0. The Bertz CT molecular complexity index is 1890. The first-order chi connectivity index (χ1) is 24.3. The Balaban J connectivity index is 1.22. The van der Waals surface area contributed by atoms with Gasteiger partial charge in [-0.25, -0.2) is 4.57 Å². The number of methoxy groups -OCH3 is 1. The molecule has 51 heavy (non-hydrogen) atoms. The van der Waals surface area contributed by atoms with Crippen LogP contribution < -0.4 is 10.1 Å². The Kier molecular flexibility index (Phi) is 9.95. The van der Waals surface area contributed by atoms with Gasteiger partial charge in [-0.05, 0) is 24.8 Å². The highest BCUT2D eigenvalue weighted by Gasteiger charge is 2.49. The van der Waals surface area contributed by atoms with Crippen LogP contribution in [-0.4, -0.2) is 109 Å². The van der Waals surface area contributed by atoms with Crippen molar-refractivity contribution in [3.05, 3.63) is 74.1 Å². The minimum Gasteiger partial charge on any atom is -0.507 e. The Morgan fingerprint density at radius 2 is 1.92 bits per heavy atom. The number of carbonyl (C=O) groups excluding carboxylic acids is 3. The van der Waals surface area contributed by atoms with Crippen molar-refractivity contribution in [3.63, 3.8) is 0 Å². The summed E-state index contributed by atoms with van der Waals surface area (Å²) in [5.74, 6) is -3.65. The molecule has 0 radical (unpaired) electrons. The molecule has 0 unspecified atom stereocenters. The van der Waals surface area contributed by atoms with Gasteiger partial charge in [-0.3, -0.25) is 14.4 Å². The van der Waals surface area contributed by atoms with Gasteiger partial charge in [0.25, 0.3) is 0 Å². The van der Waals surface area contributed by atoms with Crippen molar-refractivity contribution >= 4 is 23.3 Å². The Hall–Kier alpha value is -4.78. The second kappa shape index (κ2) is 14.1. The highest BCUT2D eigenvalue weighted by Crippen LogP contribution is 2.52. The third kappa shape index (κ3) is 6.47. The fourth-order valence-corrected chi connectivity index (χ4v) is 7.06. The summed E-state index contributed by atoms with van der Waals surface area (Å²) >= 11 is 0. The van der Waals surface area contributed by atoms with Gasteiger partial charge in [-0.1, -0.05) is 17.1 Å². The Morgan fingerprint density at radius 1 is 1.18 bits per heavy atom. The number of nitro groups is 1. The van der Waals surface area contributed by atoms with E-state index in [-0.39, 0.29) is 73.1 Å². The third-order valence-corrected chi connectivity index (χ3v) is 9.74. The molecule has 1 aliphatic heterocycles. The summed E-state index contributed by atoms with van der Waals surface area (Å²) in [6.45, 7) is 3.66. The first-order valence-electron chi connectivity index (χ1n) is 16.3. The van der Waals surface area contributed by atoms with Crippen LogP contribution in [0.3, 0.4) is 0 Å². The number of phenols is 2. The van der Waals surface area contributed by atoms with Crippen LogP contribution in [0.1, 0.15) is 75.8 Å². The number of carbonyl (C=O) groups is 3. The predicted molar refractivity (Wildman–Crippen MR) is 174 cm³/mol. The molecule has 3 aliphatic rings. The molecule has 6 rings (SSSR count). The van der Waals surface area contributed by atoms with Crippen LogP contribution in [0.15, 0.2) is 30.6 Å². The van der Waals surface area contributed by atoms with Gasteiger partial charge in [-0.15, -0.1) is 0 Å². The van der Waals surface area contributed by atoms with Crippen molar-refractivity contribution in [2.75, 3.05) is 26.9 Å². The number of aromatic hydroxyl groups is 2. The number of benzene rings is 2. The number of aliphatic hydroxyl groups is 2. The maximum atomic E-state index is 13.9. The lowest BCUT2D eigenvalue weighted by atomic mass is 9.72. The monoisotopic (exact) mass is 710 g/mol. The summed E-state index contributed by atoms with van der Waals surface area (Å²) in [5, 5.41) is 59.8. The van der Waals surface area contributed by atoms with Crippen LogP contribution >= 0.6 is 0 Å². The lowest BCUT2D eigenvalue weighted by Gasteiger charge is -2.43. The molecule has 0 spiro atoms. The SMILES string of the molecule is COc1cccc2c1C(=O)c1c(O)c3c(c(O)c1C2=O)C[C@@](O)(C(C)=O)C[C@@H]3O[C@H]1C[C@H](NCCOCCn2ccnc2[N+](=O)[O-])[C@H](O)[C@H](C)O1. The van der Waals surface area contributed by atoms with Crippen LogP contribution in [-0.2, 0) is 32.0 Å². The molecule has 3 aromatic rings. The van der Waals surface area contributed by atoms with Crippen LogP contribution in [0.4, 0.5) is 5.95 Å². The summed E-state index contributed by atoms with van der Waals surface area (Å²) in [7, 11) is 1.33. The minimum atomic E-state index is -2.06. The smallest absolute Gasteiger partial charge is 0.434 e. The first-order valence-corrected chi connectivity index (χ1v) is 16.3. The van der Waals surface area contributed by atoms with E-state index < -0.39 is 87.6 Å². The quantitative estimate of drug-likeness (QED) is 0.0605. The maximum absolute atomic E-state index is 13.9. The number of ether oxygens (including phenoxy) is 4. The van der Waals surface area contributed by atoms with E-state index in [1.54, 1.807) is 6.92 Å². The van der Waals surface area contributed by atoms with Crippen molar-refractivity contribution < 1.29 is 58.7 Å². The molecular weight excluding hydrogens is 672 g/mol. The number of fused-ring (bicyclic) bond motifs is 3. The molecule has 17 nitrogen and oxygen atoms in total. The number of phenolic OH excluding ortho intramolecular Hbond substituents is 2. The summed E-state index contributed by atoms with van der Waals surface area (Å²) in [6.07, 6.45) is -2.07. The summed E-state index contributed by atoms with van der Waals surface area (Å²) in [5.41, 5.74) is -3.29. The van der Waals surface area contributed by atoms with Gasteiger partial charge in [0.2, 0.25) is 5.78 Å². The summed E-state index contributed by atoms with van der Waals surface area (Å²) in [6, 6.07) is 3.82. The predicted octanol–water partition coefficient (Wildman–Crippen LogP) is 1.48. The molecule has 0 saturated carbocycles. The largest absolute Gasteiger partial charge is 0.507 e. The van der Waals surface area contributed by atoms with Crippen LogP contribution in [0.5, 0.6) is 17.2 Å². The van der Waals surface area contributed by atoms with Crippen LogP contribution in [0.25, 0.3) is 0 Å². The van der Waals surface area contributed by atoms with Gasteiger partial charge in [0.15, 0.2) is 17.9 Å². The zero-order chi connectivity index (χ0) is 36.8. The summed E-state index contributed by atoms with van der Waals surface area (Å²) in [4.78, 5) is 54.5. The topological polar surface area (TPSA) is 242 Å². The van der Waals surface area contributed by atoms with Gasteiger partial charge in [0, 0.05) is 48.5 Å². The fraction of sp³-hybridized carbons (Fsp3) is 0.471. The molecule has 2 aromatic carbocycles. The Morgan fingerprint density at radius 3 is 2.63 bits per heavy atom. The number of nitrogens with one attached hydrogen (secondary N) is 1. The molecule has 17 heteroatoms. The zero-order valence-corrected chi connectivity index (χ0v) is 28.0. The highest BCUT2D eigenvalue weighted by atomic mass is 16.7. The van der Waals surface area contributed by atoms with Crippen molar-refractivity contribution in [3.8, 4) is 17.2 Å². The molecule has 6 atom stereocenters. The van der Waals surface area contributed by atoms with Gasteiger partial charge in [-0.2, -0.15) is 0 Å². The molecule has 2 heterocycles. The number of aliphatic hydroxyl groups excluding tert-OH is 1. The molecular formula is C34H38N4O13. The van der Waals surface area contributed by atoms with Crippen molar-refractivity contribution in [2.24, 2.45) is 0 Å². The number of nitrogens with zero attached hydrogens (tertiary/aromatic N) is 3. The molecule has 0 bridgehead atoms. The lowest BCUT2D eigenvalue weighted by molar-refractivity contribution is -0.396. The van der Waals surface area contributed by atoms with Crippen LogP contribution in [0, 0.1) is 10.1 Å². The van der Waals surface area contributed by atoms with Gasteiger partial charge < -0.3 is 54.8 Å². The van der Waals surface area contributed by atoms with Crippen LogP contribution in [0.2, 0.25) is 0 Å². The van der Waals surface area contributed by atoms with E-state index in [2.05, 4.69) is 10.3 Å². The van der Waals surface area contributed by atoms with E-state index in [1.807, 2.05) is 0 Å². The van der Waals surface area contributed by atoms with Crippen molar-refractivity contribution in [1.29, 1.82) is 0 Å². The van der Waals surface area contributed by atoms with E-state index in [0.29, 0.717) is 0 Å². The molecule has 5 N–H and O–H groups in total. The first kappa shape index (κ1) is 36.0. The molecule has 0 amide bonds. The highest BCUT2D eigenvalue weighted by molar-refractivity contribution is 6.31. The molecule has 1 saturated heterocycles. The number of ketones is 3. The lowest BCUT2D eigenvalue weighted by Crippen LogP contribution is -2.55. The number of imidazole rings is 1. The van der Waals surface area contributed by atoms with E-state index in [4.69, 9.17) is 18.9 Å². The molecule has 272 valence electrons. The fourth-order valence-electron chi connectivity index (χ4n) is 7.06. The van der Waals surface area contributed by atoms with Crippen molar-refractivity contribution in [2.45, 2.75) is 75.9 Å². The average Bonchev–Trinajstić information content (AvgIpc) is 3.57. The molecule has 2 aliphatic carbocycles. The molecule has 1 aromatic heterocycles. The number of aromatic nitrogens is 2. The third-order valence-electron chi connectivity index (χ3n) is 9.74. The maximum Gasteiger partial charge on any atom is 0.434 e. The van der Waals surface area contributed by atoms with E-state index in [0.717, 1.165) is 0 Å². The number of rotatable bonds is 12. The second-order valence-corrected chi connectivity index (χ2v) is 12.8. The second-order valence-electron chi connectivity index (χ2n) is 12.8. The number of Topliss-reactive ketones (excluding diaryl/α,β-unsaturated/α-hetero) is 1. The molecule has 1 fully saturated rings. The van der Waals surface area contributed by atoms with E-state index in [9.17, 15) is 44.9 Å².